The van der Waals surface area contributed by atoms with Crippen LogP contribution in [0.15, 0.2) is 0 Å². The summed E-state index contributed by atoms with van der Waals surface area (Å²) in [6, 6.07) is 0. The lowest BCUT2D eigenvalue weighted by molar-refractivity contribution is 0.603. The molecule has 0 aliphatic rings. The number of thioether (sulfide) groups is 1. The molecule has 0 aromatic rings. The van der Waals surface area contributed by atoms with Gasteiger partial charge in [-0.1, -0.05) is 59.3 Å². The molecule has 0 amide bonds. The van der Waals surface area contributed by atoms with Gasteiger partial charge in [0.1, 0.15) is 0 Å². The molecule has 0 spiro atoms. The first-order valence-electron chi connectivity index (χ1n) is 5.89. The topological polar surface area (TPSA) is 0 Å². The summed E-state index contributed by atoms with van der Waals surface area (Å²) in [5, 5.41) is 0.820. The minimum absolute atomic E-state index is 0.820. The van der Waals surface area contributed by atoms with Crippen molar-refractivity contribution in [2.45, 2.75) is 71.0 Å². The fraction of sp³-hybridized carbons (Fsp3) is 1.00. The largest absolute Gasteiger partial charge is 0.159 e. The molecule has 0 N–H and O–H groups in total. The van der Waals surface area contributed by atoms with Gasteiger partial charge in [0.2, 0.25) is 0 Å². The lowest BCUT2D eigenvalue weighted by Gasteiger charge is -2.04. The van der Waals surface area contributed by atoms with Crippen LogP contribution in [0, 0.1) is 0 Å². The summed E-state index contributed by atoms with van der Waals surface area (Å²) in [6.07, 6.45) is 10.0. The second-order valence-electron chi connectivity index (χ2n) is 4.04. The zero-order valence-electron chi connectivity index (χ0n) is 9.64. The summed E-state index contributed by atoms with van der Waals surface area (Å²) in [4.78, 5) is 0. The minimum atomic E-state index is 0.820. The van der Waals surface area contributed by atoms with Crippen molar-refractivity contribution in [3.8, 4) is 0 Å². The molecule has 80 valence electrons. The first kappa shape index (κ1) is 13.4. The van der Waals surface area contributed by atoms with Gasteiger partial charge < -0.3 is 0 Å². The zero-order chi connectivity index (χ0) is 9.94. The van der Waals surface area contributed by atoms with E-state index in [1.807, 2.05) is 0 Å². The molecule has 0 aromatic heterocycles. The highest BCUT2D eigenvalue weighted by Crippen LogP contribution is 2.13. The Bertz CT molecular complexity index is 89.1. The van der Waals surface area contributed by atoms with Crippen LogP contribution in [0.4, 0.5) is 0 Å². The number of hydrogen-bond acceptors (Lipinski definition) is 1. The first-order valence-corrected chi connectivity index (χ1v) is 6.93. The molecule has 0 radical (unpaired) electrons. The van der Waals surface area contributed by atoms with Gasteiger partial charge in [-0.25, -0.2) is 0 Å². The number of unbranched alkanes of at least 4 members (excludes halogenated alkanes) is 6. The summed E-state index contributed by atoms with van der Waals surface area (Å²) in [7, 11) is 0. The molecule has 0 aromatic carbocycles. The smallest absolute Gasteiger partial charge is 0.000968 e. The van der Waals surface area contributed by atoms with Gasteiger partial charge in [0.05, 0.1) is 0 Å². The minimum Gasteiger partial charge on any atom is -0.159 e. The van der Waals surface area contributed by atoms with Crippen LogP contribution >= 0.6 is 11.8 Å². The Morgan fingerprint density at radius 3 is 1.92 bits per heavy atom. The van der Waals surface area contributed by atoms with E-state index in [2.05, 4.69) is 32.5 Å². The molecule has 0 saturated heterocycles. The SMILES string of the molecule is CCCCCCCCCSC(C)C. The highest BCUT2D eigenvalue weighted by molar-refractivity contribution is 7.99. The Morgan fingerprint density at radius 1 is 0.846 bits per heavy atom. The van der Waals surface area contributed by atoms with Gasteiger partial charge in [-0.15, -0.1) is 0 Å². The van der Waals surface area contributed by atoms with E-state index in [4.69, 9.17) is 0 Å². The van der Waals surface area contributed by atoms with Crippen molar-refractivity contribution in [3.63, 3.8) is 0 Å². The third-order valence-corrected chi connectivity index (χ3v) is 3.39. The van der Waals surface area contributed by atoms with Gasteiger partial charge in [0.15, 0.2) is 0 Å². The van der Waals surface area contributed by atoms with Crippen LogP contribution in [0.3, 0.4) is 0 Å². The molecule has 0 atom stereocenters. The second-order valence-corrected chi connectivity index (χ2v) is 5.73. The lowest BCUT2D eigenvalue weighted by Crippen LogP contribution is -1.89. The van der Waals surface area contributed by atoms with Crippen LogP contribution < -0.4 is 0 Å². The molecule has 0 heterocycles. The van der Waals surface area contributed by atoms with Gasteiger partial charge in [-0.3, -0.25) is 0 Å². The van der Waals surface area contributed by atoms with Crippen LogP contribution in [0.25, 0.3) is 0 Å². The van der Waals surface area contributed by atoms with E-state index in [9.17, 15) is 0 Å². The second kappa shape index (κ2) is 10.4. The maximum absolute atomic E-state index is 2.28. The fourth-order valence-corrected chi connectivity index (χ4v) is 2.22. The standard InChI is InChI=1S/C12H26S/c1-4-5-6-7-8-9-10-11-13-12(2)3/h12H,4-11H2,1-3H3. The molecule has 0 nitrogen and oxygen atoms in total. The summed E-state index contributed by atoms with van der Waals surface area (Å²) in [5.74, 6) is 1.37. The number of hydrogen-bond donors (Lipinski definition) is 0. The van der Waals surface area contributed by atoms with Crippen LogP contribution in [-0.4, -0.2) is 11.0 Å². The van der Waals surface area contributed by atoms with Gasteiger partial charge in [-0.2, -0.15) is 11.8 Å². The van der Waals surface area contributed by atoms with Crippen molar-refractivity contribution < 1.29 is 0 Å². The van der Waals surface area contributed by atoms with Crippen molar-refractivity contribution >= 4 is 11.8 Å². The van der Waals surface area contributed by atoms with Gasteiger partial charge in [0, 0.05) is 0 Å². The highest BCUT2D eigenvalue weighted by atomic mass is 32.2. The third kappa shape index (κ3) is 12.4. The normalized spacial score (nSPS) is 11.1. The van der Waals surface area contributed by atoms with Crippen molar-refractivity contribution in [1.29, 1.82) is 0 Å². The zero-order valence-corrected chi connectivity index (χ0v) is 10.5. The molecule has 1 heteroatoms. The molecule has 13 heavy (non-hydrogen) atoms. The van der Waals surface area contributed by atoms with E-state index in [0.29, 0.717) is 0 Å². The summed E-state index contributed by atoms with van der Waals surface area (Å²) in [5.41, 5.74) is 0. The van der Waals surface area contributed by atoms with Gasteiger partial charge >= 0.3 is 0 Å². The van der Waals surface area contributed by atoms with Crippen LogP contribution in [0.2, 0.25) is 0 Å². The Hall–Kier alpha value is 0.350. The highest BCUT2D eigenvalue weighted by Gasteiger charge is 1.94. The van der Waals surface area contributed by atoms with Gasteiger partial charge in [0.25, 0.3) is 0 Å². The summed E-state index contributed by atoms with van der Waals surface area (Å²) < 4.78 is 0. The van der Waals surface area contributed by atoms with Gasteiger partial charge in [-0.05, 0) is 17.4 Å². The van der Waals surface area contributed by atoms with Crippen molar-refractivity contribution in [2.75, 3.05) is 5.75 Å². The van der Waals surface area contributed by atoms with Crippen molar-refractivity contribution in [3.05, 3.63) is 0 Å². The number of rotatable bonds is 9. The Labute approximate surface area is 88.9 Å². The monoisotopic (exact) mass is 202 g/mol. The predicted molar refractivity (Wildman–Crippen MR) is 65.6 cm³/mol. The molecule has 0 unspecified atom stereocenters. The fourth-order valence-electron chi connectivity index (χ4n) is 1.38. The summed E-state index contributed by atoms with van der Waals surface area (Å²) >= 11 is 2.10. The molecular weight excluding hydrogens is 176 g/mol. The van der Waals surface area contributed by atoms with Crippen LogP contribution in [0.1, 0.15) is 65.7 Å². The quantitative estimate of drug-likeness (QED) is 0.480. The maximum Gasteiger partial charge on any atom is -0.000968 e. The third-order valence-electron chi connectivity index (χ3n) is 2.20. The molecule has 0 aliphatic heterocycles. The van der Waals surface area contributed by atoms with E-state index in [1.165, 1.54) is 50.7 Å². The van der Waals surface area contributed by atoms with Crippen molar-refractivity contribution in [2.24, 2.45) is 0 Å². The Morgan fingerprint density at radius 2 is 1.38 bits per heavy atom. The molecule has 0 saturated carbocycles. The molecule has 0 aliphatic carbocycles. The predicted octanol–water partition coefficient (Wildman–Crippen LogP) is 4.88. The van der Waals surface area contributed by atoms with E-state index in [1.54, 1.807) is 0 Å². The molecular formula is C12H26S. The average molecular weight is 202 g/mol. The molecule has 0 rings (SSSR count). The van der Waals surface area contributed by atoms with Crippen LogP contribution in [-0.2, 0) is 0 Å². The van der Waals surface area contributed by atoms with Crippen molar-refractivity contribution in [1.82, 2.24) is 0 Å². The molecule has 0 bridgehead atoms. The summed E-state index contributed by atoms with van der Waals surface area (Å²) in [6.45, 7) is 6.84. The Kier molecular flexibility index (Phi) is 10.7. The lowest BCUT2D eigenvalue weighted by atomic mass is 10.1. The van der Waals surface area contributed by atoms with E-state index >= 15 is 0 Å². The molecule has 0 fully saturated rings. The maximum atomic E-state index is 2.28. The van der Waals surface area contributed by atoms with E-state index < -0.39 is 0 Å². The Balaban J connectivity index is 2.84. The van der Waals surface area contributed by atoms with E-state index in [0.717, 1.165) is 5.25 Å². The first-order chi connectivity index (χ1) is 6.27. The average Bonchev–Trinajstić information content (AvgIpc) is 2.09. The van der Waals surface area contributed by atoms with Crippen LogP contribution in [0.5, 0.6) is 0 Å². The van der Waals surface area contributed by atoms with E-state index in [-0.39, 0.29) is 0 Å².